The average molecular weight is 764 g/mol. The zero-order valence-electron chi connectivity index (χ0n) is 36.4. The molecular weight excluding hydrogens is 671 g/mol. The van der Waals surface area contributed by atoms with Crippen molar-refractivity contribution in [3.05, 3.63) is 12.2 Å². The highest BCUT2D eigenvalue weighted by Gasteiger charge is 2.24. The van der Waals surface area contributed by atoms with Gasteiger partial charge in [-0.15, -0.1) is 0 Å². The second kappa shape index (κ2) is 42.7. The monoisotopic (exact) mass is 764 g/mol. The first-order chi connectivity index (χ1) is 26.5. The molecule has 0 heterocycles. The van der Waals surface area contributed by atoms with Crippen molar-refractivity contribution in [2.75, 3.05) is 6.61 Å². The van der Waals surface area contributed by atoms with E-state index in [4.69, 9.17) is 4.74 Å². The molecule has 3 atom stereocenters. The Hall–Kier alpha value is -1.40. The quantitative estimate of drug-likeness (QED) is 0.0326. The van der Waals surface area contributed by atoms with Gasteiger partial charge >= 0.3 is 5.97 Å². The summed E-state index contributed by atoms with van der Waals surface area (Å²) < 4.78 is 5.90. The second-order valence-corrected chi connectivity index (χ2v) is 16.5. The summed E-state index contributed by atoms with van der Waals surface area (Å²) in [7, 11) is 0. The molecule has 0 fully saturated rings. The van der Waals surface area contributed by atoms with Gasteiger partial charge in [-0.1, -0.05) is 213 Å². The van der Waals surface area contributed by atoms with Crippen molar-refractivity contribution in [1.82, 2.24) is 5.32 Å². The smallest absolute Gasteiger partial charge is 0.306 e. The van der Waals surface area contributed by atoms with Crippen molar-refractivity contribution >= 4 is 11.9 Å². The normalized spacial score (nSPS) is 13.4. The Morgan fingerprint density at radius 3 is 1.39 bits per heavy atom. The summed E-state index contributed by atoms with van der Waals surface area (Å²) in [5.41, 5.74) is 0. The van der Waals surface area contributed by atoms with Crippen molar-refractivity contribution in [1.29, 1.82) is 0 Å². The Kier molecular flexibility index (Phi) is 41.6. The van der Waals surface area contributed by atoms with Gasteiger partial charge < -0.3 is 20.3 Å². The van der Waals surface area contributed by atoms with E-state index in [0.717, 1.165) is 57.8 Å². The third kappa shape index (κ3) is 37.5. The van der Waals surface area contributed by atoms with Crippen molar-refractivity contribution in [3.63, 3.8) is 0 Å². The van der Waals surface area contributed by atoms with E-state index in [9.17, 15) is 19.8 Å². The summed E-state index contributed by atoms with van der Waals surface area (Å²) in [6, 6.07) is -0.694. The molecular formula is C48H93NO5. The minimum absolute atomic E-state index is 0.0807. The van der Waals surface area contributed by atoms with Gasteiger partial charge in [0.1, 0.15) is 6.10 Å². The van der Waals surface area contributed by atoms with Crippen LogP contribution in [-0.4, -0.2) is 46.9 Å². The Labute approximate surface area is 336 Å². The van der Waals surface area contributed by atoms with E-state index >= 15 is 0 Å². The van der Waals surface area contributed by atoms with Crippen molar-refractivity contribution in [2.24, 2.45) is 0 Å². The van der Waals surface area contributed by atoms with E-state index in [1.165, 1.54) is 154 Å². The van der Waals surface area contributed by atoms with Crippen LogP contribution < -0.4 is 5.32 Å². The second-order valence-electron chi connectivity index (χ2n) is 16.5. The molecule has 6 nitrogen and oxygen atoms in total. The molecule has 1 amide bonds. The maximum absolute atomic E-state index is 13.1. The minimum Gasteiger partial charge on any atom is -0.462 e. The number of ether oxygens (including phenoxy) is 1. The molecule has 3 N–H and O–H groups in total. The van der Waals surface area contributed by atoms with Gasteiger partial charge in [-0.3, -0.25) is 9.59 Å². The molecule has 0 aromatic carbocycles. The van der Waals surface area contributed by atoms with Crippen LogP contribution in [0, 0.1) is 0 Å². The van der Waals surface area contributed by atoms with Gasteiger partial charge in [-0.05, 0) is 44.9 Å². The highest BCUT2D eigenvalue weighted by Crippen LogP contribution is 2.18. The summed E-state index contributed by atoms with van der Waals surface area (Å²) in [6.07, 6.45) is 45.5. The van der Waals surface area contributed by atoms with Gasteiger partial charge in [0.05, 0.1) is 25.2 Å². The molecule has 0 aliphatic rings. The largest absolute Gasteiger partial charge is 0.462 e. The number of amides is 1. The number of carbonyl (C=O) groups excluding carboxylic acids is 2. The minimum atomic E-state index is -0.781. The molecule has 54 heavy (non-hydrogen) atoms. The van der Waals surface area contributed by atoms with E-state index in [2.05, 4.69) is 38.2 Å². The lowest BCUT2D eigenvalue weighted by Crippen LogP contribution is -2.46. The number of rotatable bonds is 43. The number of aliphatic hydroxyl groups is 2. The van der Waals surface area contributed by atoms with Gasteiger partial charge in [0.2, 0.25) is 5.91 Å². The fourth-order valence-corrected chi connectivity index (χ4v) is 7.43. The highest BCUT2D eigenvalue weighted by atomic mass is 16.5. The van der Waals surface area contributed by atoms with Crippen LogP contribution in [0.1, 0.15) is 258 Å². The molecule has 0 spiro atoms. The van der Waals surface area contributed by atoms with Gasteiger partial charge in [0, 0.05) is 6.42 Å². The SMILES string of the molecule is CCC/C=C\CCCCCCCC(=O)OC(CCCCCCCCCCCCCCC)CC(=O)NC(CO)C(O)CCCCCCCCCCCCCC. The molecule has 0 aliphatic heterocycles. The van der Waals surface area contributed by atoms with Crippen LogP contribution in [0.15, 0.2) is 12.2 Å². The number of hydrogen-bond donors (Lipinski definition) is 3. The number of nitrogens with one attached hydrogen (secondary N) is 1. The summed E-state index contributed by atoms with van der Waals surface area (Å²) in [6.45, 7) is 6.43. The standard InChI is InChI=1S/C48H93NO5/c1-4-7-10-13-16-19-22-24-25-27-30-33-36-39-44(54-48(53)41-38-35-32-29-21-18-15-12-9-6-3)42-47(52)49-45(43-50)46(51)40-37-34-31-28-26-23-20-17-14-11-8-5-2/h12,15,44-46,50-51H,4-11,13-14,16-43H2,1-3H3,(H,49,52)/b15-12-. The summed E-state index contributed by atoms with van der Waals surface area (Å²) in [5, 5.41) is 23.7. The number of hydrogen-bond acceptors (Lipinski definition) is 5. The third-order valence-electron chi connectivity index (χ3n) is 11.1. The zero-order valence-corrected chi connectivity index (χ0v) is 36.4. The van der Waals surface area contributed by atoms with Crippen molar-refractivity contribution < 1.29 is 24.5 Å². The summed E-state index contributed by atoms with van der Waals surface area (Å²) in [5.74, 6) is -0.473. The molecule has 0 aromatic rings. The number of allylic oxidation sites excluding steroid dienone is 2. The topological polar surface area (TPSA) is 95.9 Å². The Bertz CT molecular complexity index is 817. The third-order valence-corrected chi connectivity index (χ3v) is 11.1. The van der Waals surface area contributed by atoms with Gasteiger partial charge in [0.25, 0.3) is 0 Å². The van der Waals surface area contributed by atoms with Crippen LogP contribution in [0.25, 0.3) is 0 Å². The van der Waals surface area contributed by atoms with Crippen molar-refractivity contribution in [2.45, 2.75) is 277 Å². The lowest BCUT2D eigenvalue weighted by molar-refractivity contribution is -0.151. The summed E-state index contributed by atoms with van der Waals surface area (Å²) in [4.78, 5) is 26.0. The molecule has 0 rings (SSSR count). The van der Waals surface area contributed by atoms with E-state index in [-0.39, 0.29) is 24.9 Å². The predicted octanol–water partition coefficient (Wildman–Crippen LogP) is 13.8. The van der Waals surface area contributed by atoms with Crippen LogP contribution in [-0.2, 0) is 14.3 Å². The Morgan fingerprint density at radius 2 is 0.926 bits per heavy atom. The first-order valence-electron chi connectivity index (χ1n) is 23.9. The summed E-state index contributed by atoms with van der Waals surface area (Å²) >= 11 is 0. The molecule has 0 saturated heterocycles. The van der Waals surface area contributed by atoms with E-state index in [1.54, 1.807) is 0 Å². The predicted molar refractivity (Wildman–Crippen MR) is 232 cm³/mol. The van der Waals surface area contributed by atoms with Crippen LogP contribution in [0.5, 0.6) is 0 Å². The molecule has 0 aliphatic carbocycles. The highest BCUT2D eigenvalue weighted by molar-refractivity contribution is 5.77. The molecule has 0 bridgehead atoms. The molecule has 3 unspecified atom stereocenters. The van der Waals surface area contributed by atoms with E-state index in [0.29, 0.717) is 19.3 Å². The van der Waals surface area contributed by atoms with Crippen LogP contribution in [0.4, 0.5) is 0 Å². The molecule has 6 heteroatoms. The van der Waals surface area contributed by atoms with E-state index in [1.807, 2.05) is 0 Å². The zero-order chi connectivity index (χ0) is 39.6. The van der Waals surface area contributed by atoms with Crippen molar-refractivity contribution in [3.8, 4) is 0 Å². The van der Waals surface area contributed by atoms with Crippen LogP contribution in [0.3, 0.4) is 0 Å². The van der Waals surface area contributed by atoms with Crippen LogP contribution in [0.2, 0.25) is 0 Å². The first kappa shape index (κ1) is 52.6. The maximum atomic E-state index is 13.1. The lowest BCUT2D eigenvalue weighted by atomic mass is 10.0. The molecule has 0 radical (unpaired) electrons. The number of unbranched alkanes of at least 4 members (excludes halogenated alkanes) is 29. The van der Waals surface area contributed by atoms with Gasteiger partial charge in [-0.2, -0.15) is 0 Å². The Balaban J connectivity index is 4.54. The van der Waals surface area contributed by atoms with Gasteiger partial charge in [-0.25, -0.2) is 0 Å². The van der Waals surface area contributed by atoms with E-state index < -0.39 is 18.2 Å². The first-order valence-corrected chi connectivity index (χ1v) is 23.9. The Morgan fingerprint density at radius 1 is 0.519 bits per heavy atom. The van der Waals surface area contributed by atoms with Crippen LogP contribution >= 0.6 is 0 Å². The lowest BCUT2D eigenvalue weighted by Gasteiger charge is -2.24. The fourth-order valence-electron chi connectivity index (χ4n) is 7.43. The number of esters is 1. The molecule has 0 saturated carbocycles. The fraction of sp³-hybridized carbons (Fsp3) is 0.917. The maximum Gasteiger partial charge on any atom is 0.306 e. The number of aliphatic hydroxyl groups excluding tert-OH is 2. The number of carbonyl (C=O) groups is 2. The average Bonchev–Trinajstić information content (AvgIpc) is 3.16. The molecule has 320 valence electrons. The molecule has 0 aromatic heterocycles. The van der Waals surface area contributed by atoms with Gasteiger partial charge in [0.15, 0.2) is 0 Å².